The highest BCUT2D eigenvalue weighted by Crippen LogP contribution is 2.15. The average molecular weight is 243 g/mol. The number of nitrogens with one attached hydrogen (secondary N) is 1. The van der Waals surface area contributed by atoms with Crippen LogP contribution in [-0.4, -0.2) is 36.2 Å². The molecule has 1 rings (SSSR count). The van der Waals surface area contributed by atoms with Crippen molar-refractivity contribution in [1.82, 2.24) is 5.32 Å². The minimum Gasteiger partial charge on any atom is -0.481 e. The highest BCUT2D eigenvalue weighted by Gasteiger charge is 2.17. The first-order chi connectivity index (χ1) is 8.09. The van der Waals surface area contributed by atoms with Crippen LogP contribution in [0.25, 0.3) is 0 Å². The fourth-order valence-corrected chi connectivity index (χ4v) is 1.80. The Kier molecular flexibility index (Phi) is 5.97. The predicted molar refractivity (Wildman–Crippen MR) is 62.6 cm³/mol. The molecule has 0 aliphatic carbocycles. The van der Waals surface area contributed by atoms with E-state index in [1.165, 1.54) is 0 Å². The summed E-state index contributed by atoms with van der Waals surface area (Å²) in [6, 6.07) is 0. The molecule has 0 aromatic heterocycles. The quantitative estimate of drug-likeness (QED) is 0.734. The number of aliphatic carboxylic acids is 1. The van der Waals surface area contributed by atoms with Gasteiger partial charge in [0.15, 0.2) is 0 Å². The summed E-state index contributed by atoms with van der Waals surface area (Å²) in [6.45, 7) is 2.80. The summed E-state index contributed by atoms with van der Waals surface area (Å²) in [6.07, 6.45) is 4.04. The van der Waals surface area contributed by atoms with E-state index in [1.54, 1.807) is 6.92 Å². The molecule has 0 saturated carbocycles. The molecule has 1 amide bonds. The minimum atomic E-state index is -0.824. The van der Waals surface area contributed by atoms with Gasteiger partial charge < -0.3 is 15.2 Å². The molecule has 5 nitrogen and oxygen atoms in total. The fourth-order valence-electron chi connectivity index (χ4n) is 1.80. The molecule has 0 aromatic carbocycles. The van der Waals surface area contributed by atoms with Gasteiger partial charge in [0.25, 0.3) is 0 Å². The standard InChI is InChI=1S/C12H21NO4/c1-9(12(15)16)5-6-13-11(14)8-10-4-2-3-7-17-10/h9-10H,2-8H2,1H3,(H,13,14)(H,15,16). The molecule has 1 aliphatic rings. The van der Waals surface area contributed by atoms with Gasteiger partial charge in [-0.3, -0.25) is 9.59 Å². The first kappa shape index (κ1) is 14.0. The summed E-state index contributed by atoms with van der Waals surface area (Å²) >= 11 is 0. The van der Waals surface area contributed by atoms with E-state index in [9.17, 15) is 9.59 Å². The van der Waals surface area contributed by atoms with Crippen molar-refractivity contribution in [2.75, 3.05) is 13.2 Å². The zero-order chi connectivity index (χ0) is 12.7. The van der Waals surface area contributed by atoms with Crippen LogP contribution >= 0.6 is 0 Å². The van der Waals surface area contributed by atoms with E-state index in [0.717, 1.165) is 25.9 Å². The molecule has 2 atom stereocenters. The number of amides is 1. The van der Waals surface area contributed by atoms with Gasteiger partial charge in [-0.15, -0.1) is 0 Å². The number of hydrogen-bond acceptors (Lipinski definition) is 3. The number of ether oxygens (including phenoxy) is 1. The van der Waals surface area contributed by atoms with Crippen molar-refractivity contribution < 1.29 is 19.4 Å². The summed E-state index contributed by atoms with van der Waals surface area (Å²) < 4.78 is 5.46. The Balaban J connectivity index is 2.10. The molecule has 0 aromatic rings. The largest absolute Gasteiger partial charge is 0.481 e. The normalized spacial score (nSPS) is 21.8. The third-order valence-electron chi connectivity index (χ3n) is 3.01. The van der Waals surface area contributed by atoms with E-state index in [-0.39, 0.29) is 12.0 Å². The lowest BCUT2D eigenvalue weighted by Gasteiger charge is -2.22. The van der Waals surface area contributed by atoms with Gasteiger partial charge in [0.05, 0.1) is 18.4 Å². The maximum absolute atomic E-state index is 11.5. The Labute approximate surface area is 102 Å². The molecule has 1 heterocycles. The number of carbonyl (C=O) groups excluding carboxylic acids is 1. The molecule has 1 fully saturated rings. The highest BCUT2D eigenvalue weighted by molar-refractivity contribution is 5.76. The van der Waals surface area contributed by atoms with Crippen molar-refractivity contribution in [3.8, 4) is 0 Å². The maximum atomic E-state index is 11.5. The molecule has 0 radical (unpaired) electrons. The van der Waals surface area contributed by atoms with E-state index in [1.807, 2.05) is 0 Å². The van der Waals surface area contributed by atoms with E-state index in [2.05, 4.69) is 5.32 Å². The van der Waals surface area contributed by atoms with Crippen LogP contribution in [0, 0.1) is 5.92 Å². The summed E-state index contributed by atoms with van der Waals surface area (Å²) in [7, 11) is 0. The maximum Gasteiger partial charge on any atom is 0.306 e. The minimum absolute atomic E-state index is 0.0423. The molecule has 17 heavy (non-hydrogen) atoms. The van der Waals surface area contributed by atoms with Crippen LogP contribution in [0.1, 0.15) is 39.0 Å². The molecule has 1 saturated heterocycles. The van der Waals surface area contributed by atoms with Crippen molar-refractivity contribution in [3.63, 3.8) is 0 Å². The van der Waals surface area contributed by atoms with E-state index in [0.29, 0.717) is 19.4 Å². The number of carboxylic acids is 1. The van der Waals surface area contributed by atoms with E-state index >= 15 is 0 Å². The Morgan fingerprint density at radius 3 is 2.82 bits per heavy atom. The first-order valence-electron chi connectivity index (χ1n) is 6.20. The highest BCUT2D eigenvalue weighted by atomic mass is 16.5. The van der Waals surface area contributed by atoms with E-state index in [4.69, 9.17) is 9.84 Å². The van der Waals surface area contributed by atoms with Crippen molar-refractivity contribution in [2.45, 2.75) is 45.1 Å². The zero-order valence-corrected chi connectivity index (χ0v) is 10.3. The van der Waals surface area contributed by atoms with Crippen molar-refractivity contribution in [2.24, 2.45) is 5.92 Å². The van der Waals surface area contributed by atoms with Crippen LogP contribution in [-0.2, 0) is 14.3 Å². The van der Waals surface area contributed by atoms with Crippen LogP contribution < -0.4 is 5.32 Å². The van der Waals surface area contributed by atoms with Crippen LogP contribution in [0.4, 0.5) is 0 Å². The van der Waals surface area contributed by atoms with Crippen molar-refractivity contribution >= 4 is 11.9 Å². The molecule has 5 heteroatoms. The lowest BCUT2D eigenvalue weighted by Crippen LogP contribution is -2.32. The molecule has 2 N–H and O–H groups in total. The summed E-state index contributed by atoms with van der Waals surface area (Å²) in [5, 5.41) is 11.4. The molecule has 2 unspecified atom stereocenters. The average Bonchev–Trinajstić information content (AvgIpc) is 2.30. The smallest absolute Gasteiger partial charge is 0.306 e. The first-order valence-corrected chi connectivity index (χ1v) is 6.20. The Morgan fingerprint density at radius 2 is 2.24 bits per heavy atom. The second kappa shape index (κ2) is 7.27. The fraction of sp³-hybridized carbons (Fsp3) is 0.833. The van der Waals surface area contributed by atoms with Gasteiger partial charge in [0.1, 0.15) is 0 Å². The molecular weight excluding hydrogens is 222 g/mol. The second-order valence-corrected chi connectivity index (χ2v) is 4.57. The number of carbonyl (C=O) groups is 2. The molecular formula is C12H21NO4. The number of carboxylic acid groups (broad SMARTS) is 1. The lowest BCUT2D eigenvalue weighted by molar-refractivity contribution is -0.141. The Bertz CT molecular complexity index is 261. The van der Waals surface area contributed by atoms with Gasteiger partial charge in [-0.1, -0.05) is 6.92 Å². The molecule has 0 spiro atoms. The SMILES string of the molecule is CC(CCNC(=O)CC1CCCCO1)C(=O)O. The molecule has 0 bridgehead atoms. The van der Waals surface area contributed by atoms with Gasteiger partial charge in [0.2, 0.25) is 5.91 Å². The number of rotatable bonds is 6. The lowest BCUT2D eigenvalue weighted by atomic mass is 10.1. The summed E-state index contributed by atoms with van der Waals surface area (Å²) in [5.41, 5.74) is 0. The molecule has 98 valence electrons. The second-order valence-electron chi connectivity index (χ2n) is 4.57. The van der Waals surface area contributed by atoms with Gasteiger partial charge in [-0.2, -0.15) is 0 Å². The van der Waals surface area contributed by atoms with Gasteiger partial charge in [-0.25, -0.2) is 0 Å². The van der Waals surface area contributed by atoms with Crippen LogP contribution in [0.3, 0.4) is 0 Å². The van der Waals surface area contributed by atoms with Gasteiger partial charge in [-0.05, 0) is 25.7 Å². The Hall–Kier alpha value is -1.10. The Morgan fingerprint density at radius 1 is 1.47 bits per heavy atom. The van der Waals surface area contributed by atoms with Crippen molar-refractivity contribution in [3.05, 3.63) is 0 Å². The molecule has 1 aliphatic heterocycles. The zero-order valence-electron chi connectivity index (χ0n) is 10.3. The third-order valence-corrected chi connectivity index (χ3v) is 3.01. The topological polar surface area (TPSA) is 75.6 Å². The summed E-state index contributed by atoms with van der Waals surface area (Å²) in [4.78, 5) is 22.1. The van der Waals surface area contributed by atoms with Crippen molar-refractivity contribution in [1.29, 1.82) is 0 Å². The van der Waals surface area contributed by atoms with Crippen LogP contribution in [0.15, 0.2) is 0 Å². The monoisotopic (exact) mass is 243 g/mol. The van der Waals surface area contributed by atoms with Gasteiger partial charge in [0, 0.05) is 13.2 Å². The number of hydrogen-bond donors (Lipinski definition) is 2. The van der Waals surface area contributed by atoms with Crippen LogP contribution in [0.5, 0.6) is 0 Å². The van der Waals surface area contributed by atoms with Crippen LogP contribution in [0.2, 0.25) is 0 Å². The predicted octanol–water partition coefficient (Wildman–Crippen LogP) is 1.17. The third kappa shape index (κ3) is 5.68. The van der Waals surface area contributed by atoms with Gasteiger partial charge >= 0.3 is 5.97 Å². The summed E-state index contributed by atoms with van der Waals surface area (Å²) in [5.74, 6) is -1.29. The van der Waals surface area contributed by atoms with E-state index < -0.39 is 11.9 Å².